The van der Waals surface area contributed by atoms with Crippen molar-refractivity contribution in [3.8, 4) is 0 Å². The van der Waals surface area contributed by atoms with Crippen molar-refractivity contribution in [3.63, 3.8) is 0 Å². The molecule has 0 aliphatic rings. The summed E-state index contributed by atoms with van der Waals surface area (Å²) in [7, 11) is 0. The van der Waals surface area contributed by atoms with Gasteiger partial charge in [0.1, 0.15) is 10.8 Å². The van der Waals surface area contributed by atoms with E-state index in [1.54, 1.807) is 11.3 Å². The lowest BCUT2D eigenvalue weighted by molar-refractivity contribution is 0.661. The number of aryl methyl sites for hydroxylation is 2. The van der Waals surface area contributed by atoms with Gasteiger partial charge in [0.15, 0.2) is 0 Å². The Labute approximate surface area is 128 Å². The molecule has 0 atom stereocenters. The summed E-state index contributed by atoms with van der Waals surface area (Å²) < 4.78 is 2.28. The molecule has 3 aromatic rings. The number of hydrogen-bond donors (Lipinski definition) is 1. The van der Waals surface area contributed by atoms with Gasteiger partial charge in [-0.2, -0.15) is 0 Å². The van der Waals surface area contributed by atoms with Crippen molar-refractivity contribution in [1.29, 1.82) is 0 Å². The molecule has 0 saturated heterocycles. The van der Waals surface area contributed by atoms with Crippen LogP contribution in [0.1, 0.15) is 31.1 Å². The van der Waals surface area contributed by atoms with E-state index >= 15 is 0 Å². The summed E-state index contributed by atoms with van der Waals surface area (Å²) >= 11 is 1.61. The fraction of sp³-hybridized carbons (Fsp3) is 0.400. The molecule has 0 aliphatic carbocycles. The quantitative estimate of drug-likeness (QED) is 0.757. The molecule has 1 N–H and O–H groups in total. The molecule has 0 saturated carbocycles. The van der Waals surface area contributed by atoms with E-state index in [9.17, 15) is 0 Å². The maximum absolute atomic E-state index is 4.73. The third-order valence-corrected chi connectivity index (χ3v) is 4.37. The van der Waals surface area contributed by atoms with E-state index in [0.717, 1.165) is 40.9 Å². The van der Waals surface area contributed by atoms with Gasteiger partial charge in [-0.15, -0.1) is 10.2 Å². The van der Waals surface area contributed by atoms with Crippen molar-refractivity contribution in [3.05, 3.63) is 35.1 Å². The second-order valence-electron chi connectivity index (χ2n) is 4.88. The van der Waals surface area contributed by atoms with E-state index in [4.69, 9.17) is 4.98 Å². The lowest BCUT2D eigenvalue weighted by Gasteiger charge is -2.07. The summed E-state index contributed by atoms with van der Waals surface area (Å²) in [6.45, 7) is 5.93. The first kappa shape index (κ1) is 14.0. The molecule has 1 aromatic carbocycles. The predicted octanol–water partition coefficient (Wildman–Crippen LogP) is 3.47. The van der Waals surface area contributed by atoms with E-state index in [1.807, 2.05) is 6.07 Å². The van der Waals surface area contributed by atoms with E-state index in [1.165, 1.54) is 5.52 Å². The van der Waals surface area contributed by atoms with E-state index in [-0.39, 0.29) is 0 Å². The summed E-state index contributed by atoms with van der Waals surface area (Å²) in [6, 6.07) is 8.28. The summed E-state index contributed by atoms with van der Waals surface area (Å²) in [6.07, 6.45) is 2.01. The molecule has 0 spiro atoms. The van der Waals surface area contributed by atoms with Crippen LogP contribution in [0.5, 0.6) is 0 Å². The smallest absolute Gasteiger partial charge is 0.206 e. The van der Waals surface area contributed by atoms with Crippen LogP contribution in [0.4, 0.5) is 5.13 Å². The lowest BCUT2D eigenvalue weighted by atomic mass is 10.3. The third kappa shape index (κ3) is 2.90. The van der Waals surface area contributed by atoms with Crippen LogP contribution in [-0.4, -0.2) is 19.7 Å². The number of para-hydroxylation sites is 2. The minimum Gasteiger partial charge on any atom is -0.353 e. The van der Waals surface area contributed by atoms with Crippen LogP contribution in [0.15, 0.2) is 24.3 Å². The van der Waals surface area contributed by atoms with Crippen molar-refractivity contribution in [2.75, 3.05) is 5.32 Å². The minimum atomic E-state index is 0.674. The molecule has 2 aromatic heterocycles. The van der Waals surface area contributed by atoms with Crippen LogP contribution in [0, 0.1) is 0 Å². The van der Waals surface area contributed by atoms with Gasteiger partial charge in [-0.05, 0) is 25.0 Å². The molecular formula is C15H19N5S. The number of imidazole rings is 1. The number of fused-ring (bicyclic) bond motifs is 1. The zero-order valence-electron chi connectivity index (χ0n) is 12.3. The fourth-order valence-electron chi connectivity index (χ4n) is 2.36. The maximum Gasteiger partial charge on any atom is 0.206 e. The van der Waals surface area contributed by atoms with Crippen LogP contribution in [0.3, 0.4) is 0 Å². The summed E-state index contributed by atoms with van der Waals surface area (Å²) in [5.74, 6) is 1.05. The Bertz CT molecular complexity index is 731. The van der Waals surface area contributed by atoms with E-state index in [0.29, 0.717) is 6.54 Å². The number of aromatic nitrogens is 4. The van der Waals surface area contributed by atoms with Gasteiger partial charge in [0.05, 0.1) is 17.6 Å². The Hall–Kier alpha value is -1.95. The van der Waals surface area contributed by atoms with Crippen LogP contribution >= 0.6 is 11.3 Å². The molecule has 0 amide bonds. The Morgan fingerprint density at radius 2 is 2.05 bits per heavy atom. The highest BCUT2D eigenvalue weighted by Crippen LogP contribution is 2.19. The highest BCUT2D eigenvalue weighted by Gasteiger charge is 2.10. The zero-order valence-corrected chi connectivity index (χ0v) is 13.2. The number of hydrogen-bond acceptors (Lipinski definition) is 5. The molecule has 110 valence electrons. The van der Waals surface area contributed by atoms with Crippen molar-refractivity contribution < 1.29 is 0 Å². The average molecular weight is 301 g/mol. The number of nitrogens with one attached hydrogen (secondary N) is 1. The molecule has 5 nitrogen and oxygen atoms in total. The molecule has 0 radical (unpaired) electrons. The van der Waals surface area contributed by atoms with E-state index < -0.39 is 0 Å². The van der Waals surface area contributed by atoms with Gasteiger partial charge in [0, 0.05) is 6.54 Å². The molecule has 21 heavy (non-hydrogen) atoms. The van der Waals surface area contributed by atoms with Crippen molar-refractivity contribution in [2.45, 2.75) is 39.8 Å². The summed E-state index contributed by atoms with van der Waals surface area (Å²) in [5.41, 5.74) is 2.25. The van der Waals surface area contributed by atoms with Gasteiger partial charge in [-0.25, -0.2) is 4.98 Å². The number of rotatable bonds is 6. The monoisotopic (exact) mass is 301 g/mol. The molecule has 2 heterocycles. The molecule has 0 unspecified atom stereocenters. The van der Waals surface area contributed by atoms with Gasteiger partial charge in [-0.1, -0.05) is 37.3 Å². The Kier molecular flexibility index (Phi) is 4.15. The summed E-state index contributed by atoms with van der Waals surface area (Å²) in [5, 5.41) is 13.5. The Morgan fingerprint density at radius 3 is 2.81 bits per heavy atom. The minimum absolute atomic E-state index is 0.674. The summed E-state index contributed by atoms with van der Waals surface area (Å²) in [4.78, 5) is 4.73. The van der Waals surface area contributed by atoms with Crippen molar-refractivity contribution in [1.82, 2.24) is 19.7 Å². The molecule has 0 bridgehead atoms. The molecular weight excluding hydrogens is 282 g/mol. The predicted molar refractivity (Wildman–Crippen MR) is 86.6 cm³/mol. The first-order valence-electron chi connectivity index (χ1n) is 7.32. The molecule has 0 fully saturated rings. The van der Waals surface area contributed by atoms with Gasteiger partial charge in [0.2, 0.25) is 5.13 Å². The fourth-order valence-corrected chi connectivity index (χ4v) is 3.03. The van der Waals surface area contributed by atoms with Crippen molar-refractivity contribution in [2.24, 2.45) is 0 Å². The van der Waals surface area contributed by atoms with E-state index in [2.05, 4.69) is 52.1 Å². The molecule has 3 rings (SSSR count). The third-order valence-electron chi connectivity index (χ3n) is 3.35. The molecule has 0 aliphatic heterocycles. The lowest BCUT2D eigenvalue weighted by Crippen LogP contribution is -2.08. The highest BCUT2D eigenvalue weighted by atomic mass is 32.1. The SMILES string of the molecule is CCCn1c(CNc2nnc(CC)s2)nc2ccccc21. The van der Waals surface area contributed by atoms with Gasteiger partial charge >= 0.3 is 0 Å². The van der Waals surface area contributed by atoms with Crippen LogP contribution in [0.25, 0.3) is 11.0 Å². The van der Waals surface area contributed by atoms with Gasteiger partial charge in [0.25, 0.3) is 0 Å². The van der Waals surface area contributed by atoms with Gasteiger partial charge in [-0.3, -0.25) is 0 Å². The Morgan fingerprint density at radius 1 is 1.19 bits per heavy atom. The van der Waals surface area contributed by atoms with Gasteiger partial charge < -0.3 is 9.88 Å². The normalized spacial score (nSPS) is 11.1. The second kappa shape index (κ2) is 6.22. The zero-order chi connectivity index (χ0) is 14.7. The highest BCUT2D eigenvalue weighted by molar-refractivity contribution is 7.15. The van der Waals surface area contributed by atoms with Crippen LogP contribution < -0.4 is 5.32 Å². The topological polar surface area (TPSA) is 55.6 Å². The average Bonchev–Trinajstić information content (AvgIpc) is 3.10. The maximum atomic E-state index is 4.73. The first-order valence-corrected chi connectivity index (χ1v) is 8.13. The van der Waals surface area contributed by atoms with Crippen molar-refractivity contribution >= 4 is 27.5 Å². The Balaban J connectivity index is 1.83. The number of nitrogens with zero attached hydrogens (tertiary/aromatic N) is 4. The van der Waals surface area contributed by atoms with Crippen LogP contribution in [-0.2, 0) is 19.5 Å². The first-order chi connectivity index (χ1) is 10.3. The number of benzene rings is 1. The number of anilines is 1. The van der Waals surface area contributed by atoms with Crippen LogP contribution in [0.2, 0.25) is 0 Å². The molecule has 6 heteroatoms. The standard InChI is InChI=1S/C15H19N5S/c1-3-9-20-12-8-6-5-7-11(12)17-13(20)10-16-15-19-18-14(4-2)21-15/h5-8H,3-4,9-10H2,1-2H3,(H,16,19). The second-order valence-corrected chi connectivity index (χ2v) is 5.94. The largest absolute Gasteiger partial charge is 0.353 e.